The van der Waals surface area contributed by atoms with Gasteiger partial charge < -0.3 is 0 Å². The summed E-state index contributed by atoms with van der Waals surface area (Å²) in [5.41, 5.74) is 7.95. The largest absolute Gasteiger partial charge is 0.0680 e. The molecule has 0 unspecified atom stereocenters. The Balaban J connectivity index is 2.65. The van der Waals surface area contributed by atoms with Gasteiger partial charge in [-0.1, -0.05) is 71.8 Å². The molecule has 0 aromatic heterocycles. The van der Waals surface area contributed by atoms with E-state index in [1.807, 2.05) is 0 Å². The van der Waals surface area contributed by atoms with Gasteiger partial charge in [-0.15, -0.1) is 0 Å². The van der Waals surface area contributed by atoms with Gasteiger partial charge in [-0.05, 0) is 50.0 Å². The molecule has 0 fully saturated rings. The highest BCUT2D eigenvalue weighted by molar-refractivity contribution is 6.06. The van der Waals surface area contributed by atoms with Crippen LogP contribution in [-0.4, -0.2) is 0 Å². The molecule has 102 valence electrons. The van der Waals surface area contributed by atoms with E-state index in [9.17, 15) is 0 Å². The quantitative estimate of drug-likeness (QED) is 0.597. The molecule has 2 aromatic carbocycles. The average molecular weight is 262 g/mol. The maximum atomic E-state index is 2.19. The third-order valence-electron chi connectivity index (χ3n) is 3.37. The Kier molecular flexibility index (Phi) is 4.57. The average Bonchev–Trinajstić information content (AvgIpc) is 2.45. The fourth-order valence-electron chi connectivity index (χ4n) is 2.58. The molecule has 0 aliphatic rings. The Morgan fingerprint density at radius 1 is 0.500 bits per heavy atom. The first kappa shape index (κ1) is 14.3. The highest BCUT2D eigenvalue weighted by Gasteiger charge is 2.13. The maximum Gasteiger partial charge on any atom is -0.0120 e. The zero-order valence-electron chi connectivity index (χ0n) is 12.8. The summed E-state index contributed by atoms with van der Waals surface area (Å²) >= 11 is 0. The van der Waals surface area contributed by atoms with Gasteiger partial charge in [0.15, 0.2) is 0 Å². The molecule has 0 amide bonds. The Bertz CT molecular complexity index is 561. The molecule has 0 nitrogen and oxygen atoms in total. The minimum atomic E-state index is 1.28. The van der Waals surface area contributed by atoms with Gasteiger partial charge in [-0.25, -0.2) is 0 Å². The van der Waals surface area contributed by atoms with Crippen LogP contribution < -0.4 is 0 Å². The molecule has 0 spiro atoms. The van der Waals surface area contributed by atoms with Crippen LogP contribution in [0.4, 0.5) is 0 Å². The van der Waals surface area contributed by atoms with Crippen molar-refractivity contribution in [3.63, 3.8) is 0 Å². The maximum absolute atomic E-state index is 2.19. The fourth-order valence-corrected chi connectivity index (χ4v) is 2.58. The molecular formula is C20H22. The zero-order chi connectivity index (χ0) is 14.5. The van der Waals surface area contributed by atoms with Crippen molar-refractivity contribution in [3.8, 4) is 0 Å². The Morgan fingerprint density at radius 2 is 0.800 bits per heavy atom. The molecule has 0 N–H and O–H groups in total. The summed E-state index contributed by atoms with van der Waals surface area (Å²) in [5.74, 6) is 0. The van der Waals surface area contributed by atoms with Crippen LogP contribution in [-0.2, 0) is 0 Å². The number of benzene rings is 2. The van der Waals surface area contributed by atoms with Crippen molar-refractivity contribution in [1.29, 1.82) is 0 Å². The molecule has 20 heavy (non-hydrogen) atoms. The Morgan fingerprint density at radius 3 is 1.05 bits per heavy atom. The Hall–Kier alpha value is -2.08. The van der Waals surface area contributed by atoms with Gasteiger partial charge in [0.1, 0.15) is 0 Å². The zero-order valence-corrected chi connectivity index (χ0v) is 12.8. The molecule has 0 heteroatoms. The lowest BCUT2D eigenvalue weighted by molar-refractivity contribution is 1.35. The van der Waals surface area contributed by atoms with Crippen LogP contribution in [0.25, 0.3) is 11.1 Å². The Labute approximate surface area is 122 Å². The normalized spacial score (nSPS) is 10.0. The monoisotopic (exact) mass is 262 g/mol. The highest BCUT2D eigenvalue weighted by Crippen LogP contribution is 2.35. The molecule has 0 atom stereocenters. The predicted octanol–water partition coefficient (Wildman–Crippen LogP) is 5.97. The lowest BCUT2D eigenvalue weighted by Crippen LogP contribution is -1.95. The number of hydrogen-bond acceptors (Lipinski definition) is 0. The molecule has 2 aromatic rings. The summed E-state index contributed by atoms with van der Waals surface area (Å²) in [6, 6.07) is 21.3. The van der Waals surface area contributed by atoms with E-state index in [-0.39, 0.29) is 0 Å². The molecule has 0 saturated carbocycles. The van der Waals surface area contributed by atoms with Gasteiger partial charge >= 0.3 is 0 Å². The standard InChI is InChI=1S/C20H22/c1-15(2)19(17-11-7-5-8-12-17)20(16(3)4)18-13-9-6-10-14-18/h5-14H,1-4H3. The second kappa shape index (κ2) is 6.38. The predicted molar refractivity (Wildman–Crippen MR) is 89.4 cm³/mol. The molecule has 0 radical (unpaired) electrons. The van der Waals surface area contributed by atoms with E-state index >= 15 is 0 Å². The minimum absolute atomic E-state index is 1.28. The van der Waals surface area contributed by atoms with Crippen LogP contribution in [0.1, 0.15) is 38.8 Å². The van der Waals surface area contributed by atoms with Gasteiger partial charge in [-0.3, -0.25) is 0 Å². The summed E-state index contributed by atoms with van der Waals surface area (Å²) < 4.78 is 0. The third-order valence-corrected chi connectivity index (χ3v) is 3.37. The fraction of sp³-hybridized carbons (Fsp3) is 0.200. The van der Waals surface area contributed by atoms with E-state index in [0.717, 1.165) is 0 Å². The summed E-state index contributed by atoms with van der Waals surface area (Å²) in [6.45, 7) is 8.75. The van der Waals surface area contributed by atoms with Crippen molar-refractivity contribution >= 4 is 11.1 Å². The van der Waals surface area contributed by atoms with E-state index in [1.165, 1.54) is 33.4 Å². The molecule has 0 aliphatic carbocycles. The van der Waals surface area contributed by atoms with Crippen molar-refractivity contribution in [1.82, 2.24) is 0 Å². The van der Waals surface area contributed by atoms with Crippen LogP contribution in [0.2, 0.25) is 0 Å². The van der Waals surface area contributed by atoms with Gasteiger partial charge in [0.2, 0.25) is 0 Å². The van der Waals surface area contributed by atoms with E-state index in [4.69, 9.17) is 0 Å². The van der Waals surface area contributed by atoms with E-state index in [1.54, 1.807) is 0 Å². The summed E-state index contributed by atoms with van der Waals surface area (Å²) in [7, 11) is 0. The summed E-state index contributed by atoms with van der Waals surface area (Å²) in [5, 5.41) is 0. The molecule has 0 heterocycles. The van der Waals surface area contributed by atoms with Crippen molar-refractivity contribution in [2.75, 3.05) is 0 Å². The smallest absolute Gasteiger partial charge is 0.0120 e. The topological polar surface area (TPSA) is 0 Å². The number of hydrogen-bond donors (Lipinski definition) is 0. The lowest BCUT2D eigenvalue weighted by Gasteiger charge is -2.17. The molecule has 0 saturated heterocycles. The highest BCUT2D eigenvalue weighted by atomic mass is 14.2. The summed E-state index contributed by atoms with van der Waals surface area (Å²) in [6.07, 6.45) is 0. The van der Waals surface area contributed by atoms with E-state index < -0.39 is 0 Å². The first-order chi connectivity index (χ1) is 9.61. The van der Waals surface area contributed by atoms with Crippen molar-refractivity contribution in [3.05, 3.63) is 82.9 Å². The van der Waals surface area contributed by atoms with Crippen LogP contribution in [0, 0.1) is 0 Å². The van der Waals surface area contributed by atoms with Gasteiger partial charge in [0.05, 0.1) is 0 Å². The molecular weight excluding hydrogens is 240 g/mol. The van der Waals surface area contributed by atoms with E-state index in [0.29, 0.717) is 0 Å². The first-order valence-electron chi connectivity index (χ1n) is 7.07. The van der Waals surface area contributed by atoms with Crippen LogP contribution in [0.3, 0.4) is 0 Å². The van der Waals surface area contributed by atoms with E-state index in [2.05, 4.69) is 88.4 Å². The molecule has 0 bridgehead atoms. The van der Waals surface area contributed by atoms with Crippen molar-refractivity contribution in [2.24, 2.45) is 0 Å². The van der Waals surface area contributed by atoms with Crippen LogP contribution >= 0.6 is 0 Å². The summed E-state index contributed by atoms with van der Waals surface area (Å²) in [4.78, 5) is 0. The third kappa shape index (κ3) is 3.08. The van der Waals surface area contributed by atoms with Gasteiger partial charge in [-0.2, -0.15) is 0 Å². The second-order valence-electron chi connectivity index (χ2n) is 5.48. The van der Waals surface area contributed by atoms with Crippen molar-refractivity contribution < 1.29 is 0 Å². The van der Waals surface area contributed by atoms with Crippen molar-refractivity contribution in [2.45, 2.75) is 27.7 Å². The second-order valence-corrected chi connectivity index (χ2v) is 5.48. The number of rotatable bonds is 3. The number of allylic oxidation sites excluding steroid dienone is 4. The van der Waals surface area contributed by atoms with Crippen LogP contribution in [0.5, 0.6) is 0 Å². The minimum Gasteiger partial charge on any atom is -0.0680 e. The first-order valence-corrected chi connectivity index (χ1v) is 7.07. The van der Waals surface area contributed by atoms with Crippen LogP contribution in [0.15, 0.2) is 71.8 Å². The van der Waals surface area contributed by atoms with Gasteiger partial charge in [0, 0.05) is 0 Å². The molecule has 0 aliphatic heterocycles. The SMILES string of the molecule is CC(C)=C(C(=C(C)C)c1ccccc1)c1ccccc1. The molecule has 2 rings (SSSR count). The lowest BCUT2D eigenvalue weighted by atomic mass is 9.87. The van der Waals surface area contributed by atoms with Gasteiger partial charge in [0.25, 0.3) is 0 Å².